The van der Waals surface area contributed by atoms with Crippen LogP contribution >= 0.6 is 0 Å². The first-order chi connectivity index (χ1) is 8.81. The zero-order valence-corrected chi connectivity index (χ0v) is 10.0. The van der Waals surface area contributed by atoms with Crippen LogP contribution in [0.1, 0.15) is 24.6 Å². The molecular formula is C14H14N4. The van der Waals surface area contributed by atoms with Crippen molar-refractivity contribution in [1.82, 2.24) is 14.5 Å². The molecule has 1 aliphatic carbocycles. The molecule has 3 rings (SSSR count). The van der Waals surface area contributed by atoms with Gasteiger partial charge >= 0.3 is 0 Å². The van der Waals surface area contributed by atoms with Crippen LogP contribution in [0.4, 0.5) is 5.82 Å². The highest BCUT2D eigenvalue weighted by Crippen LogP contribution is 2.42. The van der Waals surface area contributed by atoms with E-state index < -0.39 is 0 Å². The molecule has 1 aliphatic rings. The molecule has 2 N–H and O–H groups in total. The molecular weight excluding hydrogens is 224 g/mol. The third-order valence-electron chi connectivity index (χ3n) is 3.16. The van der Waals surface area contributed by atoms with Gasteiger partial charge in [-0.1, -0.05) is 5.92 Å². The second kappa shape index (κ2) is 4.19. The highest BCUT2D eigenvalue weighted by Gasteiger charge is 2.30. The summed E-state index contributed by atoms with van der Waals surface area (Å²) in [5.74, 6) is 4.82. The maximum Gasteiger partial charge on any atom is 0.132 e. The predicted molar refractivity (Wildman–Crippen MR) is 70.7 cm³/mol. The van der Waals surface area contributed by atoms with E-state index in [1.807, 2.05) is 16.7 Å². The Labute approximate surface area is 106 Å². The summed E-state index contributed by atoms with van der Waals surface area (Å²) in [5.41, 5.74) is 7.89. The minimum atomic E-state index is 0.477. The average Bonchev–Trinajstić information content (AvgIpc) is 3.19. The number of hydrogen-bond acceptors (Lipinski definition) is 3. The van der Waals surface area contributed by atoms with Gasteiger partial charge in [0, 0.05) is 23.9 Å². The normalized spacial score (nSPS) is 14.4. The SMILES string of the molecule is C#CCn1c(C2CC2)nc(-c2cccnc2)c1N. The Kier molecular flexibility index (Phi) is 2.52. The highest BCUT2D eigenvalue weighted by molar-refractivity contribution is 5.70. The Morgan fingerprint density at radius 1 is 1.50 bits per heavy atom. The molecule has 0 saturated heterocycles. The zero-order valence-electron chi connectivity index (χ0n) is 10.0. The number of imidazole rings is 1. The summed E-state index contributed by atoms with van der Waals surface area (Å²) in [6.45, 7) is 0.477. The molecule has 90 valence electrons. The Morgan fingerprint density at radius 2 is 2.33 bits per heavy atom. The van der Waals surface area contributed by atoms with E-state index in [-0.39, 0.29) is 0 Å². The van der Waals surface area contributed by atoms with Gasteiger partial charge in [0.15, 0.2) is 0 Å². The smallest absolute Gasteiger partial charge is 0.132 e. The van der Waals surface area contributed by atoms with Crippen molar-refractivity contribution in [3.8, 4) is 23.6 Å². The lowest BCUT2D eigenvalue weighted by atomic mass is 10.2. The molecule has 18 heavy (non-hydrogen) atoms. The standard InChI is InChI=1S/C14H14N4/c1-2-8-18-13(15)12(11-4-3-7-16-9-11)17-14(18)10-5-6-10/h1,3-4,7,9-10H,5-6,8,15H2. The third-order valence-corrected chi connectivity index (χ3v) is 3.16. The van der Waals surface area contributed by atoms with E-state index >= 15 is 0 Å². The largest absolute Gasteiger partial charge is 0.383 e. The van der Waals surface area contributed by atoms with Gasteiger partial charge in [0.1, 0.15) is 17.3 Å². The van der Waals surface area contributed by atoms with E-state index in [0.29, 0.717) is 18.3 Å². The number of nitrogen functional groups attached to an aromatic ring is 1. The van der Waals surface area contributed by atoms with E-state index in [4.69, 9.17) is 12.2 Å². The summed E-state index contributed by atoms with van der Waals surface area (Å²) in [6.07, 6.45) is 11.3. The number of anilines is 1. The number of nitrogens with zero attached hydrogens (tertiary/aromatic N) is 3. The molecule has 0 aromatic carbocycles. The zero-order chi connectivity index (χ0) is 12.5. The number of nitrogens with two attached hydrogens (primary N) is 1. The van der Waals surface area contributed by atoms with Crippen LogP contribution in [0.3, 0.4) is 0 Å². The fourth-order valence-electron chi connectivity index (χ4n) is 2.11. The molecule has 4 nitrogen and oxygen atoms in total. The molecule has 0 bridgehead atoms. The molecule has 2 heterocycles. The summed E-state index contributed by atoms with van der Waals surface area (Å²) in [4.78, 5) is 8.77. The van der Waals surface area contributed by atoms with Gasteiger partial charge in [-0.2, -0.15) is 0 Å². The van der Waals surface area contributed by atoms with Gasteiger partial charge in [-0.05, 0) is 25.0 Å². The van der Waals surface area contributed by atoms with Gasteiger partial charge in [0.2, 0.25) is 0 Å². The monoisotopic (exact) mass is 238 g/mol. The molecule has 1 fully saturated rings. The van der Waals surface area contributed by atoms with Crippen molar-refractivity contribution >= 4 is 5.82 Å². The summed E-state index contributed by atoms with van der Waals surface area (Å²) in [5, 5.41) is 0. The minimum absolute atomic E-state index is 0.477. The quantitative estimate of drug-likeness (QED) is 0.832. The lowest BCUT2D eigenvalue weighted by Crippen LogP contribution is -2.05. The predicted octanol–water partition coefficient (Wildman–Crippen LogP) is 2.04. The van der Waals surface area contributed by atoms with Crippen molar-refractivity contribution in [2.45, 2.75) is 25.3 Å². The van der Waals surface area contributed by atoms with Crippen LogP contribution in [0, 0.1) is 12.3 Å². The summed E-state index contributed by atoms with van der Waals surface area (Å²) >= 11 is 0. The van der Waals surface area contributed by atoms with E-state index in [1.165, 1.54) is 12.8 Å². The lowest BCUT2D eigenvalue weighted by Gasteiger charge is -2.04. The van der Waals surface area contributed by atoms with Crippen molar-refractivity contribution in [3.63, 3.8) is 0 Å². The maximum absolute atomic E-state index is 6.16. The van der Waals surface area contributed by atoms with Crippen LogP contribution in [0.2, 0.25) is 0 Å². The number of terminal acetylenes is 1. The second-order valence-corrected chi connectivity index (χ2v) is 4.51. The van der Waals surface area contributed by atoms with Crippen LogP contribution in [-0.2, 0) is 6.54 Å². The molecule has 1 saturated carbocycles. The Morgan fingerprint density at radius 3 is 2.94 bits per heavy atom. The van der Waals surface area contributed by atoms with Crippen LogP contribution in [0.25, 0.3) is 11.3 Å². The number of hydrogen-bond donors (Lipinski definition) is 1. The number of aromatic nitrogens is 3. The molecule has 2 aromatic heterocycles. The Bertz CT molecular complexity index is 603. The topological polar surface area (TPSA) is 56.7 Å². The van der Waals surface area contributed by atoms with E-state index in [1.54, 1.807) is 12.4 Å². The van der Waals surface area contributed by atoms with E-state index in [0.717, 1.165) is 17.1 Å². The van der Waals surface area contributed by atoms with E-state index in [9.17, 15) is 0 Å². The number of rotatable bonds is 3. The number of pyridine rings is 1. The fourth-order valence-corrected chi connectivity index (χ4v) is 2.11. The van der Waals surface area contributed by atoms with Crippen molar-refractivity contribution in [1.29, 1.82) is 0 Å². The van der Waals surface area contributed by atoms with Gasteiger partial charge in [0.25, 0.3) is 0 Å². The second-order valence-electron chi connectivity index (χ2n) is 4.51. The Balaban J connectivity index is 2.11. The first-order valence-electron chi connectivity index (χ1n) is 6.01. The van der Waals surface area contributed by atoms with Gasteiger partial charge in [-0.3, -0.25) is 4.98 Å². The first-order valence-corrected chi connectivity index (χ1v) is 6.01. The minimum Gasteiger partial charge on any atom is -0.383 e. The van der Waals surface area contributed by atoms with Gasteiger partial charge in [-0.25, -0.2) is 4.98 Å². The summed E-state index contributed by atoms with van der Waals surface area (Å²) in [7, 11) is 0. The van der Waals surface area contributed by atoms with Crippen molar-refractivity contribution in [2.24, 2.45) is 0 Å². The average molecular weight is 238 g/mol. The maximum atomic E-state index is 6.16. The third kappa shape index (κ3) is 1.74. The van der Waals surface area contributed by atoms with Gasteiger partial charge in [-0.15, -0.1) is 6.42 Å². The van der Waals surface area contributed by atoms with Gasteiger partial charge < -0.3 is 10.3 Å². The van der Waals surface area contributed by atoms with Crippen LogP contribution in [-0.4, -0.2) is 14.5 Å². The van der Waals surface area contributed by atoms with Crippen LogP contribution < -0.4 is 5.73 Å². The molecule has 0 atom stereocenters. The Hall–Kier alpha value is -2.28. The van der Waals surface area contributed by atoms with Crippen LogP contribution in [0.5, 0.6) is 0 Å². The van der Waals surface area contributed by atoms with Gasteiger partial charge in [0.05, 0.1) is 6.54 Å². The molecule has 0 radical (unpaired) electrons. The van der Waals surface area contributed by atoms with E-state index in [2.05, 4.69) is 15.9 Å². The molecule has 2 aromatic rings. The highest BCUT2D eigenvalue weighted by atomic mass is 15.1. The molecule has 0 amide bonds. The fraction of sp³-hybridized carbons (Fsp3) is 0.286. The molecule has 0 aliphatic heterocycles. The van der Waals surface area contributed by atoms with Crippen LogP contribution in [0.15, 0.2) is 24.5 Å². The van der Waals surface area contributed by atoms with Crippen molar-refractivity contribution < 1.29 is 0 Å². The molecule has 0 spiro atoms. The summed E-state index contributed by atoms with van der Waals surface area (Å²) < 4.78 is 1.94. The van der Waals surface area contributed by atoms with Crippen molar-refractivity contribution in [3.05, 3.63) is 30.4 Å². The molecule has 4 heteroatoms. The van der Waals surface area contributed by atoms with Crippen molar-refractivity contribution in [2.75, 3.05) is 5.73 Å². The first kappa shape index (κ1) is 10.8. The summed E-state index contributed by atoms with van der Waals surface area (Å²) in [6, 6.07) is 3.84. The lowest BCUT2D eigenvalue weighted by molar-refractivity contribution is 0.762. The molecule has 0 unspecified atom stereocenters.